The largest absolute Gasteiger partial charge is 0.455 e. The lowest BCUT2D eigenvalue weighted by atomic mass is 9.81. The molecule has 8 aromatic carbocycles. The molecule has 0 bridgehead atoms. The minimum atomic E-state index is -0.0682. The SMILES string of the molecule is CC1(C)c2ccccc2-c2ccc(-c3cccc4c3oc3c(-c5cccc(-c6ccc7c8ccccc8c8nccnc8c7c6)c5)cccc34)cc21. The fraction of sp³-hybridized carbons (Fsp3) is 0.0612. The molecule has 0 radical (unpaired) electrons. The smallest absolute Gasteiger partial charge is 0.143 e. The molecule has 0 spiro atoms. The van der Waals surface area contributed by atoms with Gasteiger partial charge in [0.2, 0.25) is 0 Å². The molecule has 52 heavy (non-hydrogen) atoms. The van der Waals surface area contributed by atoms with Crippen molar-refractivity contribution in [3.8, 4) is 44.5 Å². The fourth-order valence-corrected chi connectivity index (χ4v) is 8.82. The summed E-state index contributed by atoms with van der Waals surface area (Å²) in [5.41, 5.74) is 15.8. The van der Waals surface area contributed by atoms with Crippen molar-refractivity contribution in [3.05, 3.63) is 169 Å². The Balaban J connectivity index is 1.04. The van der Waals surface area contributed by atoms with E-state index in [0.717, 1.165) is 71.6 Å². The molecular formula is C49H32N2O. The van der Waals surface area contributed by atoms with Gasteiger partial charge in [-0.2, -0.15) is 0 Å². The molecule has 1 aliphatic carbocycles. The lowest BCUT2D eigenvalue weighted by Gasteiger charge is -2.22. The first kappa shape index (κ1) is 29.2. The van der Waals surface area contributed by atoms with Crippen LogP contribution in [0.4, 0.5) is 0 Å². The first-order chi connectivity index (χ1) is 25.5. The van der Waals surface area contributed by atoms with Gasteiger partial charge in [-0.15, -0.1) is 0 Å². The number of furan rings is 1. The van der Waals surface area contributed by atoms with Crippen LogP contribution in [0.1, 0.15) is 25.0 Å². The molecule has 10 aromatic rings. The Labute approximate surface area is 300 Å². The van der Waals surface area contributed by atoms with Gasteiger partial charge in [0.05, 0.1) is 11.0 Å². The highest BCUT2D eigenvalue weighted by Gasteiger charge is 2.35. The minimum Gasteiger partial charge on any atom is -0.455 e. The number of hydrogen-bond donors (Lipinski definition) is 0. The standard InChI is InChI=1S/C49H32N2O/c1-49(2)43-19-6-5-13-37(43)38-23-21-32(28-44(38)49)34-16-9-18-41-40-17-8-15-33(47(40)52-48(34)41)31-11-7-10-29(26-31)30-20-22-36-35-12-3-4-14-39(35)45-46(42(36)27-30)51-25-24-50-45/h3-28H,1-2H3. The molecule has 11 rings (SSSR count). The molecule has 0 fully saturated rings. The van der Waals surface area contributed by atoms with Crippen molar-refractivity contribution in [2.45, 2.75) is 19.3 Å². The second kappa shape index (κ2) is 10.7. The predicted octanol–water partition coefficient (Wildman–Crippen LogP) is 13.1. The molecule has 0 atom stereocenters. The van der Waals surface area contributed by atoms with Crippen LogP contribution in [0.2, 0.25) is 0 Å². The van der Waals surface area contributed by atoms with Gasteiger partial charge in [0.15, 0.2) is 0 Å². The quantitative estimate of drug-likeness (QED) is 0.176. The highest BCUT2D eigenvalue weighted by molar-refractivity contribution is 6.23. The van der Waals surface area contributed by atoms with Crippen molar-refractivity contribution in [3.63, 3.8) is 0 Å². The maximum atomic E-state index is 6.93. The normalized spacial score (nSPS) is 13.3. The van der Waals surface area contributed by atoms with Gasteiger partial charge >= 0.3 is 0 Å². The second-order valence-electron chi connectivity index (χ2n) is 14.5. The van der Waals surface area contributed by atoms with E-state index in [0.29, 0.717) is 0 Å². The van der Waals surface area contributed by atoms with E-state index in [1.807, 2.05) is 0 Å². The van der Waals surface area contributed by atoms with Crippen LogP contribution in [0.3, 0.4) is 0 Å². The van der Waals surface area contributed by atoms with E-state index >= 15 is 0 Å². The minimum absolute atomic E-state index is 0.0682. The molecule has 0 saturated carbocycles. The molecule has 2 heterocycles. The van der Waals surface area contributed by atoms with Gasteiger partial charge in [0.1, 0.15) is 11.2 Å². The average Bonchev–Trinajstić information content (AvgIpc) is 3.70. The topological polar surface area (TPSA) is 38.9 Å². The van der Waals surface area contributed by atoms with Crippen molar-refractivity contribution in [1.82, 2.24) is 9.97 Å². The summed E-state index contributed by atoms with van der Waals surface area (Å²) in [7, 11) is 0. The summed E-state index contributed by atoms with van der Waals surface area (Å²) in [5, 5.41) is 6.86. The van der Waals surface area contributed by atoms with E-state index in [2.05, 4.69) is 159 Å². The Morgan fingerprint density at radius 2 is 0.923 bits per heavy atom. The average molecular weight is 665 g/mol. The van der Waals surface area contributed by atoms with Gasteiger partial charge < -0.3 is 4.42 Å². The molecule has 0 N–H and O–H groups in total. The highest BCUT2D eigenvalue weighted by atomic mass is 16.3. The van der Waals surface area contributed by atoms with Crippen LogP contribution >= 0.6 is 0 Å². The monoisotopic (exact) mass is 664 g/mol. The number of aromatic nitrogens is 2. The molecule has 0 aliphatic heterocycles. The number of para-hydroxylation sites is 2. The van der Waals surface area contributed by atoms with E-state index in [9.17, 15) is 0 Å². The van der Waals surface area contributed by atoms with Crippen LogP contribution in [-0.2, 0) is 5.41 Å². The molecular weight excluding hydrogens is 633 g/mol. The molecule has 0 saturated heterocycles. The summed E-state index contributed by atoms with van der Waals surface area (Å²) in [4.78, 5) is 9.55. The summed E-state index contributed by atoms with van der Waals surface area (Å²) >= 11 is 0. The highest BCUT2D eigenvalue weighted by Crippen LogP contribution is 2.50. The lowest BCUT2D eigenvalue weighted by molar-refractivity contribution is 0.660. The zero-order chi connectivity index (χ0) is 34.6. The van der Waals surface area contributed by atoms with Crippen molar-refractivity contribution in [2.75, 3.05) is 0 Å². The molecule has 244 valence electrons. The molecule has 3 heteroatoms. The van der Waals surface area contributed by atoms with Crippen LogP contribution in [0.5, 0.6) is 0 Å². The number of fused-ring (bicyclic) bond motifs is 12. The van der Waals surface area contributed by atoms with Crippen molar-refractivity contribution in [2.24, 2.45) is 0 Å². The molecule has 0 amide bonds. The molecule has 0 unspecified atom stereocenters. The maximum Gasteiger partial charge on any atom is 0.143 e. The summed E-state index contributed by atoms with van der Waals surface area (Å²) in [6.07, 6.45) is 3.56. The number of nitrogens with zero attached hydrogens (tertiary/aromatic N) is 2. The van der Waals surface area contributed by atoms with E-state index in [1.165, 1.54) is 38.6 Å². The third-order valence-electron chi connectivity index (χ3n) is 11.4. The Bertz CT molecular complexity index is 3080. The Morgan fingerprint density at radius 1 is 0.385 bits per heavy atom. The summed E-state index contributed by atoms with van der Waals surface area (Å²) in [6.45, 7) is 4.67. The summed E-state index contributed by atoms with van der Waals surface area (Å²) in [6, 6.07) is 52.7. The van der Waals surface area contributed by atoms with Crippen molar-refractivity contribution >= 4 is 54.5 Å². The van der Waals surface area contributed by atoms with E-state index in [-0.39, 0.29) is 5.41 Å². The summed E-state index contributed by atoms with van der Waals surface area (Å²) < 4.78 is 6.93. The zero-order valence-electron chi connectivity index (χ0n) is 28.8. The van der Waals surface area contributed by atoms with Gasteiger partial charge in [-0.3, -0.25) is 9.97 Å². The molecule has 3 nitrogen and oxygen atoms in total. The number of benzene rings is 8. The van der Waals surface area contributed by atoms with Gasteiger partial charge in [-0.25, -0.2) is 0 Å². The van der Waals surface area contributed by atoms with Crippen LogP contribution in [-0.4, -0.2) is 9.97 Å². The Hall–Kier alpha value is -6.58. The first-order valence-corrected chi connectivity index (χ1v) is 17.9. The van der Waals surface area contributed by atoms with Crippen LogP contribution < -0.4 is 0 Å². The third-order valence-corrected chi connectivity index (χ3v) is 11.4. The van der Waals surface area contributed by atoms with Crippen LogP contribution in [0, 0.1) is 0 Å². The molecule has 1 aliphatic rings. The number of rotatable bonds is 3. The zero-order valence-corrected chi connectivity index (χ0v) is 28.8. The van der Waals surface area contributed by atoms with Gasteiger partial charge in [0.25, 0.3) is 0 Å². The fourth-order valence-electron chi connectivity index (χ4n) is 8.82. The Morgan fingerprint density at radius 3 is 1.71 bits per heavy atom. The van der Waals surface area contributed by atoms with Crippen molar-refractivity contribution < 1.29 is 4.42 Å². The van der Waals surface area contributed by atoms with Crippen LogP contribution in [0.15, 0.2) is 162 Å². The van der Waals surface area contributed by atoms with E-state index < -0.39 is 0 Å². The predicted molar refractivity (Wildman–Crippen MR) is 216 cm³/mol. The number of hydrogen-bond acceptors (Lipinski definition) is 3. The lowest BCUT2D eigenvalue weighted by Crippen LogP contribution is -2.14. The van der Waals surface area contributed by atoms with Gasteiger partial charge in [0, 0.05) is 50.5 Å². The third kappa shape index (κ3) is 4.08. The van der Waals surface area contributed by atoms with E-state index in [1.54, 1.807) is 12.4 Å². The summed E-state index contributed by atoms with van der Waals surface area (Å²) in [5.74, 6) is 0. The first-order valence-electron chi connectivity index (χ1n) is 17.9. The second-order valence-corrected chi connectivity index (χ2v) is 14.5. The Kier molecular flexibility index (Phi) is 6.01. The molecule has 2 aromatic heterocycles. The van der Waals surface area contributed by atoms with Crippen molar-refractivity contribution in [1.29, 1.82) is 0 Å². The van der Waals surface area contributed by atoms with Gasteiger partial charge in [-0.1, -0.05) is 141 Å². The van der Waals surface area contributed by atoms with Gasteiger partial charge in [-0.05, 0) is 73.5 Å². The van der Waals surface area contributed by atoms with E-state index in [4.69, 9.17) is 14.4 Å². The van der Waals surface area contributed by atoms with Crippen LogP contribution in [0.25, 0.3) is 99.0 Å². The maximum absolute atomic E-state index is 6.93.